The first-order chi connectivity index (χ1) is 6.81. The Bertz CT molecular complexity index is 512. The number of halogens is 1. The van der Waals surface area contributed by atoms with Crippen molar-refractivity contribution in [1.82, 2.24) is 4.98 Å². The van der Waals surface area contributed by atoms with Gasteiger partial charge in [0, 0.05) is 22.1 Å². The number of carbonyl (C=O) groups excluding carboxylic acids is 1. The highest BCUT2D eigenvalue weighted by molar-refractivity contribution is 6.32. The molecule has 3 nitrogen and oxygen atoms in total. The quantitative estimate of drug-likeness (QED) is 0.596. The molecule has 0 spiro atoms. The first kappa shape index (κ1) is 9.00. The largest absolute Gasteiger partial charge is 0.361 e. The third-order valence-electron chi connectivity index (χ3n) is 2.03. The lowest BCUT2D eigenvalue weighted by Gasteiger charge is -1.99. The number of H-pyrrole nitrogens is 1. The third-order valence-corrected chi connectivity index (χ3v) is 2.39. The van der Waals surface area contributed by atoms with E-state index in [0.29, 0.717) is 5.02 Å². The molecule has 2 rings (SSSR count). The fourth-order valence-electron chi connectivity index (χ4n) is 1.36. The zero-order valence-electron chi connectivity index (χ0n) is 7.25. The number of aromatic nitrogens is 1. The van der Waals surface area contributed by atoms with Crippen molar-refractivity contribution in [3.05, 3.63) is 35.0 Å². The van der Waals surface area contributed by atoms with E-state index in [9.17, 15) is 4.79 Å². The number of nitrogens with zero attached hydrogens (tertiary/aromatic N) is 1. The Labute approximate surface area is 85.4 Å². The van der Waals surface area contributed by atoms with Crippen LogP contribution in [0, 0.1) is 0 Å². The lowest BCUT2D eigenvalue weighted by atomic mass is 10.1. The number of fused-ring (bicyclic) bond motifs is 1. The van der Waals surface area contributed by atoms with E-state index in [0.717, 1.165) is 16.5 Å². The molecule has 2 aromatic rings. The number of aliphatic imine (C=N–C) groups is 1. The van der Waals surface area contributed by atoms with E-state index in [-0.39, 0.29) is 6.54 Å². The van der Waals surface area contributed by atoms with E-state index in [2.05, 4.69) is 9.98 Å². The van der Waals surface area contributed by atoms with Crippen molar-refractivity contribution in [2.24, 2.45) is 4.99 Å². The summed E-state index contributed by atoms with van der Waals surface area (Å²) < 4.78 is 0. The molecule has 0 aliphatic carbocycles. The van der Waals surface area contributed by atoms with E-state index < -0.39 is 0 Å². The number of nitrogens with one attached hydrogen (secondary N) is 1. The van der Waals surface area contributed by atoms with Gasteiger partial charge in [-0.2, -0.15) is 0 Å². The van der Waals surface area contributed by atoms with Gasteiger partial charge >= 0.3 is 0 Å². The van der Waals surface area contributed by atoms with Gasteiger partial charge in [0.25, 0.3) is 0 Å². The van der Waals surface area contributed by atoms with Crippen LogP contribution in [0.2, 0.25) is 5.02 Å². The zero-order chi connectivity index (χ0) is 9.97. The second-order valence-corrected chi connectivity index (χ2v) is 3.32. The van der Waals surface area contributed by atoms with Crippen molar-refractivity contribution in [2.75, 3.05) is 0 Å². The van der Waals surface area contributed by atoms with Crippen LogP contribution in [0.4, 0.5) is 0 Å². The maximum Gasteiger partial charge on any atom is 0.235 e. The summed E-state index contributed by atoms with van der Waals surface area (Å²) in [5.41, 5.74) is 1.82. The van der Waals surface area contributed by atoms with Gasteiger partial charge in [-0.05, 0) is 23.8 Å². The maximum absolute atomic E-state index is 9.96. The van der Waals surface area contributed by atoms with Crippen molar-refractivity contribution in [3.63, 3.8) is 0 Å². The first-order valence-electron chi connectivity index (χ1n) is 4.10. The summed E-state index contributed by atoms with van der Waals surface area (Å²) in [7, 11) is 0. The van der Waals surface area contributed by atoms with Gasteiger partial charge in [-0.15, -0.1) is 0 Å². The fourth-order valence-corrected chi connectivity index (χ4v) is 1.59. The average Bonchev–Trinajstić information content (AvgIpc) is 2.61. The van der Waals surface area contributed by atoms with Crippen molar-refractivity contribution in [2.45, 2.75) is 6.54 Å². The molecule has 0 saturated carbocycles. The van der Waals surface area contributed by atoms with Gasteiger partial charge < -0.3 is 4.98 Å². The minimum atomic E-state index is 0.275. The Morgan fingerprint density at radius 2 is 2.36 bits per heavy atom. The van der Waals surface area contributed by atoms with Crippen molar-refractivity contribution in [3.8, 4) is 0 Å². The van der Waals surface area contributed by atoms with E-state index in [1.54, 1.807) is 0 Å². The topological polar surface area (TPSA) is 45.2 Å². The van der Waals surface area contributed by atoms with Gasteiger partial charge in [0.05, 0.1) is 6.54 Å². The number of aromatic amines is 1. The molecule has 0 aliphatic heterocycles. The standard InChI is InChI=1S/C10H7ClN2O/c11-9-3-7-1-2-13-10(7)4-8(9)5-12-6-14/h1-4,13H,5H2. The van der Waals surface area contributed by atoms with Crippen LogP contribution in [-0.4, -0.2) is 11.1 Å². The van der Waals surface area contributed by atoms with Crippen LogP contribution in [0.5, 0.6) is 0 Å². The molecular weight excluding hydrogens is 200 g/mol. The van der Waals surface area contributed by atoms with Crippen LogP contribution in [-0.2, 0) is 11.3 Å². The smallest absolute Gasteiger partial charge is 0.235 e. The summed E-state index contributed by atoms with van der Waals surface area (Å²) in [5, 5.41) is 1.67. The molecule has 14 heavy (non-hydrogen) atoms. The van der Waals surface area contributed by atoms with Gasteiger partial charge in [0.2, 0.25) is 6.08 Å². The van der Waals surface area contributed by atoms with Crippen LogP contribution in [0.3, 0.4) is 0 Å². The molecule has 0 radical (unpaired) electrons. The fraction of sp³-hybridized carbons (Fsp3) is 0.100. The molecule has 0 amide bonds. The Morgan fingerprint density at radius 1 is 1.50 bits per heavy atom. The number of isocyanates is 1. The molecule has 0 bridgehead atoms. The zero-order valence-corrected chi connectivity index (χ0v) is 8.01. The molecule has 1 heterocycles. The first-order valence-corrected chi connectivity index (χ1v) is 4.48. The van der Waals surface area contributed by atoms with Crippen LogP contribution in [0.15, 0.2) is 29.4 Å². The molecule has 0 aliphatic rings. The predicted octanol–water partition coefficient (Wildman–Crippen LogP) is 2.66. The van der Waals surface area contributed by atoms with Crippen molar-refractivity contribution < 1.29 is 4.79 Å². The van der Waals surface area contributed by atoms with Crippen molar-refractivity contribution in [1.29, 1.82) is 0 Å². The third kappa shape index (κ3) is 1.55. The van der Waals surface area contributed by atoms with Gasteiger partial charge in [-0.3, -0.25) is 0 Å². The minimum absolute atomic E-state index is 0.275. The van der Waals surface area contributed by atoms with Crippen molar-refractivity contribution >= 4 is 28.6 Å². The molecule has 70 valence electrons. The molecule has 0 atom stereocenters. The number of rotatable bonds is 2. The monoisotopic (exact) mass is 206 g/mol. The second kappa shape index (κ2) is 3.66. The number of hydrogen-bond acceptors (Lipinski definition) is 2. The van der Waals surface area contributed by atoms with Gasteiger partial charge in [0.1, 0.15) is 0 Å². The normalized spacial score (nSPS) is 10.1. The SMILES string of the molecule is O=C=NCc1cc2[nH]ccc2cc1Cl. The Balaban J connectivity index is 2.52. The summed E-state index contributed by atoms with van der Waals surface area (Å²) in [6, 6.07) is 5.68. The summed E-state index contributed by atoms with van der Waals surface area (Å²) in [6.07, 6.45) is 3.33. The van der Waals surface area contributed by atoms with Crippen LogP contribution >= 0.6 is 11.6 Å². The Kier molecular flexibility index (Phi) is 2.35. The molecular formula is C10H7ClN2O. The summed E-state index contributed by atoms with van der Waals surface area (Å²) in [5.74, 6) is 0. The molecule has 1 N–H and O–H groups in total. The van der Waals surface area contributed by atoms with E-state index in [1.165, 1.54) is 6.08 Å². The van der Waals surface area contributed by atoms with Crippen LogP contribution in [0.25, 0.3) is 10.9 Å². The molecule has 1 aromatic carbocycles. The highest BCUT2D eigenvalue weighted by Crippen LogP contribution is 2.23. The highest BCUT2D eigenvalue weighted by atomic mass is 35.5. The van der Waals surface area contributed by atoms with E-state index in [1.807, 2.05) is 24.4 Å². The van der Waals surface area contributed by atoms with Gasteiger partial charge in [-0.1, -0.05) is 11.6 Å². The molecule has 1 aromatic heterocycles. The minimum Gasteiger partial charge on any atom is -0.361 e. The van der Waals surface area contributed by atoms with Gasteiger partial charge in [0.15, 0.2) is 0 Å². The van der Waals surface area contributed by atoms with Crippen LogP contribution < -0.4 is 0 Å². The van der Waals surface area contributed by atoms with Gasteiger partial charge in [-0.25, -0.2) is 9.79 Å². The second-order valence-electron chi connectivity index (χ2n) is 2.92. The Hall–Kier alpha value is -1.57. The lowest BCUT2D eigenvalue weighted by molar-refractivity contribution is 0.563. The molecule has 0 unspecified atom stereocenters. The van der Waals surface area contributed by atoms with Crippen LogP contribution in [0.1, 0.15) is 5.56 Å². The molecule has 0 saturated heterocycles. The average molecular weight is 207 g/mol. The number of benzene rings is 1. The predicted molar refractivity (Wildman–Crippen MR) is 55.1 cm³/mol. The van der Waals surface area contributed by atoms with E-state index in [4.69, 9.17) is 11.6 Å². The summed E-state index contributed by atoms with van der Waals surface area (Å²) in [6.45, 7) is 0.275. The Morgan fingerprint density at radius 3 is 3.14 bits per heavy atom. The highest BCUT2D eigenvalue weighted by Gasteiger charge is 2.02. The molecule has 0 fully saturated rings. The van der Waals surface area contributed by atoms with E-state index >= 15 is 0 Å². The molecule has 4 heteroatoms. The number of hydrogen-bond donors (Lipinski definition) is 1. The summed E-state index contributed by atoms with van der Waals surface area (Å²) in [4.78, 5) is 16.5. The maximum atomic E-state index is 9.96. The lowest BCUT2D eigenvalue weighted by Crippen LogP contribution is -1.83. The summed E-state index contributed by atoms with van der Waals surface area (Å²) >= 11 is 5.99.